The number of carbonyl (C=O) groups excluding carboxylic acids is 2. The summed E-state index contributed by atoms with van der Waals surface area (Å²) in [6.07, 6.45) is 0. The first kappa shape index (κ1) is 21.7. The lowest BCUT2D eigenvalue weighted by atomic mass is 10.1. The van der Waals surface area contributed by atoms with E-state index in [1.807, 2.05) is 98.8 Å². The first-order chi connectivity index (χ1) is 15.5. The molecule has 4 aromatic carbocycles. The third-order valence-corrected chi connectivity index (χ3v) is 6.16. The Bertz CT molecular complexity index is 1280. The monoisotopic (exact) mass is 440 g/mol. The van der Waals surface area contributed by atoms with Gasteiger partial charge in [0.15, 0.2) is 0 Å². The first-order valence-corrected chi connectivity index (χ1v) is 11.4. The molecule has 0 aliphatic carbocycles. The van der Waals surface area contributed by atoms with Gasteiger partial charge in [-0.15, -0.1) is 11.8 Å². The largest absolute Gasteiger partial charge is 0.325 e. The maximum Gasteiger partial charge on any atom is 0.255 e. The zero-order valence-corrected chi connectivity index (χ0v) is 18.8. The summed E-state index contributed by atoms with van der Waals surface area (Å²) in [5.41, 5.74) is 4.39. The van der Waals surface area contributed by atoms with Crippen LogP contribution in [-0.2, 0) is 4.79 Å². The third kappa shape index (κ3) is 5.37. The van der Waals surface area contributed by atoms with Crippen LogP contribution in [0.2, 0.25) is 0 Å². The van der Waals surface area contributed by atoms with E-state index in [-0.39, 0.29) is 11.8 Å². The number of anilines is 2. The molecule has 0 bridgehead atoms. The Morgan fingerprint density at radius 1 is 0.781 bits per heavy atom. The molecule has 4 aromatic rings. The number of hydrogen-bond acceptors (Lipinski definition) is 3. The second kappa shape index (κ2) is 9.71. The van der Waals surface area contributed by atoms with Gasteiger partial charge in [-0.1, -0.05) is 48.0 Å². The molecule has 0 aliphatic rings. The summed E-state index contributed by atoms with van der Waals surface area (Å²) in [6, 6.07) is 27.1. The van der Waals surface area contributed by atoms with Crippen molar-refractivity contribution in [2.75, 3.05) is 16.4 Å². The number of hydrogen-bond donors (Lipinski definition) is 2. The minimum atomic E-state index is -0.149. The van der Waals surface area contributed by atoms with Crippen LogP contribution < -0.4 is 10.6 Å². The molecule has 0 atom stereocenters. The SMILES string of the molecule is Cc1ccc(NC(=O)CSc2ccc(NC(=O)c3ccc4ccccc4c3)cc2)c(C)c1. The van der Waals surface area contributed by atoms with Gasteiger partial charge in [0, 0.05) is 21.8 Å². The van der Waals surface area contributed by atoms with E-state index < -0.39 is 0 Å². The molecule has 160 valence electrons. The molecule has 0 saturated heterocycles. The van der Waals surface area contributed by atoms with E-state index in [0.29, 0.717) is 17.0 Å². The van der Waals surface area contributed by atoms with E-state index in [2.05, 4.69) is 10.6 Å². The molecular weight excluding hydrogens is 416 g/mol. The highest BCUT2D eigenvalue weighted by atomic mass is 32.2. The number of carbonyl (C=O) groups is 2. The standard InChI is InChI=1S/C27H24N2O2S/c1-18-7-14-25(19(2)15-18)29-26(30)17-32-24-12-10-23(11-13-24)28-27(31)22-9-8-20-5-3-4-6-21(20)16-22/h3-16H,17H2,1-2H3,(H,28,31)(H,29,30). The van der Waals surface area contributed by atoms with E-state index in [4.69, 9.17) is 0 Å². The van der Waals surface area contributed by atoms with Crippen molar-refractivity contribution in [3.8, 4) is 0 Å². The zero-order valence-electron chi connectivity index (χ0n) is 18.0. The number of thioether (sulfide) groups is 1. The topological polar surface area (TPSA) is 58.2 Å². The summed E-state index contributed by atoms with van der Waals surface area (Å²) in [5, 5.41) is 8.03. The van der Waals surface area contributed by atoms with Crippen molar-refractivity contribution in [1.82, 2.24) is 0 Å². The van der Waals surface area contributed by atoms with Crippen LogP contribution in [0.3, 0.4) is 0 Å². The maximum absolute atomic E-state index is 12.6. The van der Waals surface area contributed by atoms with Crippen LogP contribution in [-0.4, -0.2) is 17.6 Å². The number of fused-ring (bicyclic) bond motifs is 1. The molecule has 0 radical (unpaired) electrons. The second-order valence-electron chi connectivity index (χ2n) is 7.70. The number of aryl methyl sites for hydroxylation is 2. The normalized spacial score (nSPS) is 10.7. The molecule has 4 rings (SSSR count). The van der Waals surface area contributed by atoms with Gasteiger partial charge in [-0.2, -0.15) is 0 Å². The molecule has 5 heteroatoms. The lowest BCUT2D eigenvalue weighted by molar-refractivity contribution is -0.113. The van der Waals surface area contributed by atoms with Gasteiger partial charge in [-0.05, 0) is 72.6 Å². The van der Waals surface area contributed by atoms with Gasteiger partial charge in [0.05, 0.1) is 5.75 Å². The molecule has 0 aromatic heterocycles. The van der Waals surface area contributed by atoms with Crippen LogP contribution in [0.15, 0.2) is 89.8 Å². The lowest BCUT2D eigenvalue weighted by Gasteiger charge is -2.10. The summed E-state index contributed by atoms with van der Waals surface area (Å²) in [5.74, 6) is 0.121. The smallest absolute Gasteiger partial charge is 0.255 e. The molecule has 0 heterocycles. The van der Waals surface area contributed by atoms with Crippen molar-refractivity contribution in [3.63, 3.8) is 0 Å². The van der Waals surface area contributed by atoms with E-state index in [9.17, 15) is 9.59 Å². The predicted molar refractivity (Wildman–Crippen MR) is 134 cm³/mol. The van der Waals surface area contributed by atoms with Gasteiger partial charge < -0.3 is 10.6 Å². The van der Waals surface area contributed by atoms with Crippen LogP contribution in [0.5, 0.6) is 0 Å². The molecule has 0 unspecified atom stereocenters. The zero-order chi connectivity index (χ0) is 22.5. The summed E-state index contributed by atoms with van der Waals surface area (Å²) in [6.45, 7) is 4.02. The summed E-state index contributed by atoms with van der Waals surface area (Å²) in [7, 11) is 0. The molecule has 2 N–H and O–H groups in total. The molecule has 4 nitrogen and oxygen atoms in total. The van der Waals surface area contributed by atoms with Crippen LogP contribution in [0.25, 0.3) is 10.8 Å². The highest BCUT2D eigenvalue weighted by molar-refractivity contribution is 8.00. The Morgan fingerprint density at radius 3 is 2.28 bits per heavy atom. The second-order valence-corrected chi connectivity index (χ2v) is 8.74. The van der Waals surface area contributed by atoms with E-state index in [1.165, 1.54) is 17.3 Å². The van der Waals surface area contributed by atoms with E-state index in [0.717, 1.165) is 26.9 Å². The van der Waals surface area contributed by atoms with Gasteiger partial charge in [0.2, 0.25) is 5.91 Å². The van der Waals surface area contributed by atoms with Gasteiger partial charge >= 0.3 is 0 Å². The highest BCUT2D eigenvalue weighted by Crippen LogP contribution is 2.23. The fourth-order valence-electron chi connectivity index (χ4n) is 3.46. The lowest BCUT2D eigenvalue weighted by Crippen LogP contribution is -2.14. The first-order valence-electron chi connectivity index (χ1n) is 10.4. The van der Waals surface area contributed by atoms with Crippen molar-refractivity contribution >= 4 is 45.7 Å². The average molecular weight is 441 g/mol. The minimum absolute atomic E-state index is 0.0457. The molecule has 32 heavy (non-hydrogen) atoms. The average Bonchev–Trinajstić information content (AvgIpc) is 2.80. The number of nitrogens with one attached hydrogen (secondary N) is 2. The Labute approximate surface area is 192 Å². The number of benzene rings is 4. The van der Waals surface area contributed by atoms with Crippen LogP contribution in [0.4, 0.5) is 11.4 Å². The van der Waals surface area contributed by atoms with Gasteiger partial charge in [0.1, 0.15) is 0 Å². The van der Waals surface area contributed by atoms with Gasteiger partial charge in [0.25, 0.3) is 5.91 Å². The number of amides is 2. The van der Waals surface area contributed by atoms with E-state index in [1.54, 1.807) is 0 Å². The molecular formula is C27H24N2O2S. The molecule has 0 fully saturated rings. The maximum atomic E-state index is 12.6. The molecule has 0 saturated carbocycles. The van der Waals surface area contributed by atoms with Crippen LogP contribution in [0, 0.1) is 13.8 Å². The van der Waals surface area contributed by atoms with Crippen molar-refractivity contribution in [3.05, 3.63) is 102 Å². The van der Waals surface area contributed by atoms with Crippen molar-refractivity contribution in [2.45, 2.75) is 18.7 Å². The highest BCUT2D eigenvalue weighted by Gasteiger charge is 2.09. The molecule has 2 amide bonds. The predicted octanol–water partition coefficient (Wildman–Crippen LogP) is 6.44. The van der Waals surface area contributed by atoms with E-state index >= 15 is 0 Å². The molecule has 0 aliphatic heterocycles. The van der Waals surface area contributed by atoms with Crippen LogP contribution in [0.1, 0.15) is 21.5 Å². The number of rotatable bonds is 6. The summed E-state index contributed by atoms with van der Waals surface area (Å²) < 4.78 is 0. The Morgan fingerprint density at radius 2 is 1.53 bits per heavy atom. The van der Waals surface area contributed by atoms with Crippen LogP contribution >= 0.6 is 11.8 Å². The molecule has 0 spiro atoms. The van der Waals surface area contributed by atoms with Gasteiger partial charge in [-0.3, -0.25) is 9.59 Å². The Hall–Kier alpha value is -3.57. The third-order valence-electron chi connectivity index (χ3n) is 5.15. The van der Waals surface area contributed by atoms with Crippen molar-refractivity contribution < 1.29 is 9.59 Å². The fourth-order valence-corrected chi connectivity index (χ4v) is 4.16. The quantitative estimate of drug-likeness (QED) is 0.339. The van der Waals surface area contributed by atoms with Crippen molar-refractivity contribution in [1.29, 1.82) is 0 Å². The Kier molecular flexibility index (Phi) is 6.57. The fraction of sp³-hybridized carbons (Fsp3) is 0.111. The Balaban J connectivity index is 1.32. The van der Waals surface area contributed by atoms with Crippen molar-refractivity contribution in [2.24, 2.45) is 0 Å². The summed E-state index contributed by atoms with van der Waals surface area (Å²) in [4.78, 5) is 25.9. The minimum Gasteiger partial charge on any atom is -0.325 e. The summed E-state index contributed by atoms with van der Waals surface area (Å²) >= 11 is 1.46. The van der Waals surface area contributed by atoms with Gasteiger partial charge in [-0.25, -0.2) is 0 Å².